The van der Waals surface area contributed by atoms with E-state index < -0.39 is 0 Å². The van der Waals surface area contributed by atoms with Crippen LogP contribution < -0.4 is 0 Å². The van der Waals surface area contributed by atoms with Gasteiger partial charge in [-0.25, -0.2) is 0 Å². The molecule has 6 atom stereocenters. The van der Waals surface area contributed by atoms with Crippen LogP contribution in [-0.4, -0.2) is 23.3 Å². The van der Waals surface area contributed by atoms with Gasteiger partial charge in [-0.1, -0.05) is 19.4 Å². The van der Waals surface area contributed by atoms with Crippen LogP contribution in [0.15, 0.2) is 11.6 Å². The molecule has 0 bridgehead atoms. The van der Waals surface area contributed by atoms with E-state index in [1.54, 1.807) is 0 Å². The smallest absolute Gasteiger partial charge is 0.155 e. The number of carbonyl (C=O) groups excluding carboxylic acids is 2. The second-order valence-electron chi connectivity index (χ2n) is 8.70. The lowest BCUT2D eigenvalue weighted by atomic mass is 9.47. The molecule has 0 aromatic carbocycles. The molecule has 22 heavy (non-hydrogen) atoms. The Morgan fingerprint density at radius 3 is 2.68 bits per heavy atom. The van der Waals surface area contributed by atoms with Gasteiger partial charge in [-0.2, -0.15) is 0 Å². The van der Waals surface area contributed by atoms with Crippen molar-refractivity contribution in [3.05, 3.63) is 11.6 Å². The van der Waals surface area contributed by atoms with Crippen LogP contribution in [0.5, 0.6) is 0 Å². The standard InChI is InChI=1S/C19H24O3/c1-17-10-16-19(22-16)14(13(17)5-6-15(17)21)4-3-11-9-12(20)7-8-18(11,19)2/h9,13-14,16H,3-8,10H2,1-2H3/t13?,14?,16-,17?,18?,19-/m0/s1. The third kappa shape index (κ3) is 1.26. The molecule has 118 valence electrons. The molecule has 1 heterocycles. The van der Waals surface area contributed by atoms with Gasteiger partial charge < -0.3 is 4.74 Å². The Bertz CT molecular complexity index is 635. The van der Waals surface area contributed by atoms with Gasteiger partial charge in [-0.05, 0) is 50.0 Å². The molecule has 0 aromatic rings. The van der Waals surface area contributed by atoms with Crippen molar-refractivity contribution >= 4 is 11.6 Å². The predicted molar refractivity (Wildman–Crippen MR) is 81.2 cm³/mol. The summed E-state index contributed by atoms with van der Waals surface area (Å²) in [7, 11) is 0. The number of Topliss-reactive ketones (excluding diaryl/α,β-unsaturated/α-hetero) is 1. The Morgan fingerprint density at radius 2 is 1.86 bits per heavy atom. The maximum absolute atomic E-state index is 12.5. The first-order chi connectivity index (χ1) is 10.4. The minimum absolute atomic E-state index is 0.0292. The molecule has 1 aliphatic heterocycles. The molecular weight excluding hydrogens is 276 g/mol. The Hall–Kier alpha value is -0.960. The first-order valence-corrected chi connectivity index (χ1v) is 8.87. The van der Waals surface area contributed by atoms with Gasteiger partial charge in [0.25, 0.3) is 0 Å². The number of ether oxygens (including phenoxy) is 1. The van der Waals surface area contributed by atoms with Crippen LogP contribution in [0.25, 0.3) is 0 Å². The van der Waals surface area contributed by atoms with E-state index in [0.717, 1.165) is 38.5 Å². The van der Waals surface area contributed by atoms with Gasteiger partial charge in [0.15, 0.2) is 5.78 Å². The summed E-state index contributed by atoms with van der Waals surface area (Å²) >= 11 is 0. The monoisotopic (exact) mass is 300 g/mol. The molecule has 3 saturated carbocycles. The van der Waals surface area contributed by atoms with E-state index in [4.69, 9.17) is 4.74 Å². The van der Waals surface area contributed by atoms with Gasteiger partial charge in [-0.15, -0.1) is 0 Å². The topological polar surface area (TPSA) is 46.7 Å². The van der Waals surface area contributed by atoms with Crippen LogP contribution in [0.1, 0.15) is 58.8 Å². The summed E-state index contributed by atoms with van der Waals surface area (Å²) in [6, 6.07) is 0. The second-order valence-corrected chi connectivity index (χ2v) is 8.70. The molecule has 0 aromatic heterocycles. The van der Waals surface area contributed by atoms with Crippen molar-refractivity contribution in [2.24, 2.45) is 22.7 Å². The molecule has 3 nitrogen and oxygen atoms in total. The van der Waals surface area contributed by atoms with Gasteiger partial charge >= 0.3 is 0 Å². The molecule has 0 N–H and O–H groups in total. The van der Waals surface area contributed by atoms with Crippen LogP contribution in [-0.2, 0) is 14.3 Å². The third-order valence-electron chi connectivity index (χ3n) is 8.04. The predicted octanol–water partition coefficient (Wildman–Crippen LogP) is 3.22. The average Bonchev–Trinajstić information content (AvgIpc) is 3.12. The molecule has 5 rings (SSSR count). The quantitative estimate of drug-likeness (QED) is 0.645. The first-order valence-electron chi connectivity index (χ1n) is 8.87. The summed E-state index contributed by atoms with van der Waals surface area (Å²) in [6.45, 7) is 4.52. The molecule has 4 aliphatic carbocycles. The van der Waals surface area contributed by atoms with E-state index in [2.05, 4.69) is 13.8 Å². The van der Waals surface area contributed by atoms with Crippen molar-refractivity contribution in [1.82, 2.24) is 0 Å². The molecule has 5 aliphatic rings. The number of rotatable bonds is 0. The minimum Gasteiger partial charge on any atom is -0.365 e. The molecule has 0 radical (unpaired) electrons. The first kappa shape index (κ1) is 13.5. The Labute approximate surface area is 131 Å². The van der Waals surface area contributed by atoms with E-state index >= 15 is 0 Å². The van der Waals surface area contributed by atoms with Crippen LogP contribution >= 0.6 is 0 Å². The van der Waals surface area contributed by atoms with Crippen molar-refractivity contribution in [3.63, 3.8) is 0 Å². The molecule has 1 saturated heterocycles. The summed E-state index contributed by atoms with van der Waals surface area (Å²) in [6.07, 6.45) is 8.58. The lowest BCUT2D eigenvalue weighted by Crippen LogP contribution is -2.57. The van der Waals surface area contributed by atoms with Crippen LogP contribution in [0.3, 0.4) is 0 Å². The molecule has 4 fully saturated rings. The summed E-state index contributed by atoms with van der Waals surface area (Å²) in [4.78, 5) is 24.3. The summed E-state index contributed by atoms with van der Waals surface area (Å²) in [5, 5.41) is 0. The molecular formula is C19H24O3. The Kier molecular flexibility index (Phi) is 2.29. The van der Waals surface area contributed by atoms with Crippen molar-refractivity contribution in [3.8, 4) is 0 Å². The largest absolute Gasteiger partial charge is 0.365 e. The molecule has 0 amide bonds. The SMILES string of the molecule is CC12C[C@@H]3O[C@@]34C(CCC3=CC(=O)CCC34C)C1CCC2=O. The normalized spacial score (nSPS) is 55.7. The van der Waals surface area contributed by atoms with Gasteiger partial charge in [0.1, 0.15) is 11.4 Å². The lowest BCUT2D eigenvalue weighted by molar-refractivity contribution is -0.130. The molecule has 3 heteroatoms. The zero-order valence-electron chi connectivity index (χ0n) is 13.5. The van der Waals surface area contributed by atoms with E-state index in [1.807, 2.05) is 6.08 Å². The number of epoxide rings is 1. The number of fused-ring (bicyclic) bond motifs is 3. The number of carbonyl (C=O) groups is 2. The average molecular weight is 300 g/mol. The van der Waals surface area contributed by atoms with Crippen molar-refractivity contribution < 1.29 is 14.3 Å². The highest BCUT2D eigenvalue weighted by Crippen LogP contribution is 2.74. The van der Waals surface area contributed by atoms with Gasteiger partial charge in [0.2, 0.25) is 0 Å². The van der Waals surface area contributed by atoms with Crippen LogP contribution in [0.2, 0.25) is 0 Å². The molecule has 4 unspecified atom stereocenters. The van der Waals surface area contributed by atoms with E-state index in [-0.39, 0.29) is 28.3 Å². The maximum atomic E-state index is 12.5. The van der Waals surface area contributed by atoms with Crippen molar-refractivity contribution in [2.45, 2.75) is 70.5 Å². The van der Waals surface area contributed by atoms with Gasteiger partial charge in [-0.3, -0.25) is 9.59 Å². The van der Waals surface area contributed by atoms with Crippen molar-refractivity contribution in [2.75, 3.05) is 0 Å². The highest BCUT2D eigenvalue weighted by molar-refractivity contribution is 5.92. The summed E-state index contributed by atoms with van der Waals surface area (Å²) in [5.74, 6) is 1.76. The van der Waals surface area contributed by atoms with Crippen LogP contribution in [0.4, 0.5) is 0 Å². The van der Waals surface area contributed by atoms with E-state index in [9.17, 15) is 9.59 Å². The van der Waals surface area contributed by atoms with E-state index in [1.165, 1.54) is 5.57 Å². The number of hydrogen-bond acceptors (Lipinski definition) is 3. The number of ketones is 2. The highest BCUT2D eigenvalue weighted by Gasteiger charge is 2.79. The zero-order chi connectivity index (χ0) is 15.3. The fourth-order valence-corrected chi connectivity index (χ4v) is 6.79. The van der Waals surface area contributed by atoms with Gasteiger partial charge in [0, 0.05) is 23.7 Å². The Morgan fingerprint density at radius 1 is 1.09 bits per heavy atom. The lowest BCUT2D eigenvalue weighted by Gasteiger charge is -2.54. The zero-order valence-corrected chi connectivity index (χ0v) is 13.5. The van der Waals surface area contributed by atoms with E-state index in [0.29, 0.717) is 24.0 Å². The summed E-state index contributed by atoms with van der Waals surface area (Å²) < 4.78 is 6.42. The minimum atomic E-state index is -0.141. The second kappa shape index (κ2) is 3.75. The maximum Gasteiger partial charge on any atom is 0.155 e. The fraction of sp³-hybridized carbons (Fsp3) is 0.789. The third-order valence-corrected chi connectivity index (χ3v) is 8.04. The fourth-order valence-electron chi connectivity index (χ4n) is 6.79. The Balaban J connectivity index is 1.61. The number of hydrogen-bond donors (Lipinski definition) is 0. The highest BCUT2D eigenvalue weighted by atomic mass is 16.6. The van der Waals surface area contributed by atoms with Crippen LogP contribution in [0, 0.1) is 22.7 Å². The molecule has 1 spiro atoms. The van der Waals surface area contributed by atoms with Gasteiger partial charge in [0.05, 0.1) is 6.10 Å². The summed E-state index contributed by atoms with van der Waals surface area (Å²) in [5.41, 5.74) is 1.15. The van der Waals surface area contributed by atoms with Crippen molar-refractivity contribution in [1.29, 1.82) is 0 Å².